The van der Waals surface area contributed by atoms with Crippen molar-refractivity contribution in [3.8, 4) is 0 Å². The summed E-state index contributed by atoms with van der Waals surface area (Å²) < 4.78 is 0. The first kappa shape index (κ1) is 15.5. The maximum Gasteiger partial charge on any atom is 0.0354 e. The minimum Gasteiger partial charge on any atom is -0.307 e. The zero-order valence-corrected chi connectivity index (χ0v) is 11.9. The molecule has 0 saturated heterocycles. The molecule has 0 aliphatic heterocycles. The molecule has 0 aliphatic carbocycles. The molecule has 0 aromatic rings. The zero-order valence-electron chi connectivity index (χ0n) is 11.9. The van der Waals surface area contributed by atoms with Crippen molar-refractivity contribution in [2.24, 2.45) is 5.92 Å². The molecule has 0 aliphatic rings. The van der Waals surface area contributed by atoms with E-state index >= 15 is 0 Å². The first-order chi connectivity index (χ1) is 7.52. The summed E-state index contributed by atoms with van der Waals surface area (Å²) >= 11 is 0. The monoisotopic (exact) mass is 223 g/mol. The van der Waals surface area contributed by atoms with Crippen molar-refractivity contribution in [1.82, 2.24) is 5.32 Å². The van der Waals surface area contributed by atoms with Crippen molar-refractivity contribution in [3.63, 3.8) is 0 Å². The molecule has 2 unspecified atom stereocenters. The molecule has 2 atom stereocenters. The zero-order chi connectivity index (χ0) is 12.6. The summed E-state index contributed by atoms with van der Waals surface area (Å²) in [6, 6.07) is 1.06. The molecule has 1 nitrogen and oxygen atoms in total. The van der Waals surface area contributed by atoms with E-state index in [1.165, 1.54) is 24.8 Å². The minimum atomic E-state index is 0.494. The van der Waals surface area contributed by atoms with Gasteiger partial charge in [-0.15, -0.1) is 5.73 Å². The smallest absolute Gasteiger partial charge is 0.0354 e. The number of hydrogen-bond donors (Lipinski definition) is 1. The van der Waals surface area contributed by atoms with Gasteiger partial charge in [0.05, 0.1) is 0 Å². The number of rotatable bonds is 7. The molecule has 0 fully saturated rings. The van der Waals surface area contributed by atoms with E-state index in [-0.39, 0.29) is 0 Å². The van der Waals surface area contributed by atoms with E-state index in [9.17, 15) is 0 Å². The summed E-state index contributed by atoms with van der Waals surface area (Å²) in [5.41, 5.74) is 4.66. The number of unbranched alkanes of at least 4 members (excludes halogenated alkanes) is 1. The molecule has 0 bridgehead atoms. The third-order valence-corrected chi connectivity index (χ3v) is 3.21. The first-order valence-electron chi connectivity index (χ1n) is 6.66. The van der Waals surface area contributed by atoms with Crippen LogP contribution in [0.4, 0.5) is 0 Å². The highest BCUT2D eigenvalue weighted by Crippen LogP contribution is 2.12. The highest BCUT2D eigenvalue weighted by molar-refractivity contribution is 5.07. The van der Waals surface area contributed by atoms with Crippen LogP contribution in [0.1, 0.15) is 60.8 Å². The summed E-state index contributed by atoms with van der Waals surface area (Å²) in [5.74, 6) is 0.683. The van der Waals surface area contributed by atoms with E-state index in [1.807, 2.05) is 13.0 Å². The van der Waals surface area contributed by atoms with Gasteiger partial charge in [0.1, 0.15) is 0 Å². The molecular formula is C15H29N. The lowest BCUT2D eigenvalue weighted by Gasteiger charge is -2.25. The lowest BCUT2D eigenvalue weighted by atomic mass is 9.99. The predicted octanol–water partition coefficient (Wildman–Crippen LogP) is 4.30. The van der Waals surface area contributed by atoms with Crippen LogP contribution in [0.5, 0.6) is 0 Å². The summed E-state index contributed by atoms with van der Waals surface area (Å²) in [6.45, 7) is 13.3. The largest absolute Gasteiger partial charge is 0.307 e. The molecule has 0 aromatic carbocycles. The van der Waals surface area contributed by atoms with Crippen molar-refractivity contribution in [3.05, 3.63) is 17.4 Å². The quantitative estimate of drug-likeness (QED) is 0.634. The molecule has 16 heavy (non-hydrogen) atoms. The van der Waals surface area contributed by atoms with Crippen LogP contribution in [0.3, 0.4) is 0 Å². The van der Waals surface area contributed by atoms with Crippen molar-refractivity contribution in [1.29, 1.82) is 0 Å². The van der Waals surface area contributed by atoms with Gasteiger partial charge in [0, 0.05) is 12.1 Å². The molecule has 1 N–H and O–H groups in total. The Bertz CT molecular complexity index is 234. The Morgan fingerprint density at radius 2 is 1.94 bits per heavy atom. The molecule has 1 heteroatoms. The maximum absolute atomic E-state index is 3.72. The molecule has 0 aromatic heterocycles. The normalized spacial score (nSPS) is 14.4. The fraction of sp³-hybridized carbons (Fsp3) is 0.800. The molecule has 0 amide bonds. The second-order valence-electron chi connectivity index (χ2n) is 5.01. The van der Waals surface area contributed by atoms with Crippen LogP contribution in [0.15, 0.2) is 17.4 Å². The van der Waals surface area contributed by atoms with E-state index in [0.29, 0.717) is 18.0 Å². The Kier molecular flexibility index (Phi) is 8.33. The summed E-state index contributed by atoms with van der Waals surface area (Å²) in [7, 11) is 0. The van der Waals surface area contributed by atoms with E-state index in [4.69, 9.17) is 0 Å². The SMILES string of the molecule is CC=C=C(C)C(CCCC)NC(C)C(C)C. The van der Waals surface area contributed by atoms with Gasteiger partial charge in [0.25, 0.3) is 0 Å². The summed E-state index contributed by atoms with van der Waals surface area (Å²) in [4.78, 5) is 0. The van der Waals surface area contributed by atoms with Gasteiger partial charge < -0.3 is 5.32 Å². The van der Waals surface area contributed by atoms with Crippen molar-refractivity contribution in [2.45, 2.75) is 72.9 Å². The lowest BCUT2D eigenvalue weighted by Crippen LogP contribution is -2.40. The van der Waals surface area contributed by atoms with Gasteiger partial charge in [-0.3, -0.25) is 0 Å². The van der Waals surface area contributed by atoms with Gasteiger partial charge in [-0.1, -0.05) is 33.6 Å². The van der Waals surface area contributed by atoms with Gasteiger partial charge in [-0.2, -0.15) is 0 Å². The van der Waals surface area contributed by atoms with Gasteiger partial charge in [-0.25, -0.2) is 0 Å². The topological polar surface area (TPSA) is 12.0 Å². The maximum atomic E-state index is 3.72. The second-order valence-corrected chi connectivity index (χ2v) is 5.01. The average Bonchev–Trinajstić information content (AvgIpc) is 2.23. The average molecular weight is 223 g/mol. The van der Waals surface area contributed by atoms with E-state index < -0.39 is 0 Å². The Balaban J connectivity index is 4.49. The van der Waals surface area contributed by atoms with Gasteiger partial charge in [0.15, 0.2) is 0 Å². The molecule has 0 heterocycles. The van der Waals surface area contributed by atoms with Crippen LogP contribution in [-0.4, -0.2) is 12.1 Å². The summed E-state index contributed by atoms with van der Waals surface area (Å²) in [5, 5.41) is 3.72. The van der Waals surface area contributed by atoms with E-state index in [0.717, 1.165) is 0 Å². The van der Waals surface area contributed by atoms with Gasteiger partial charge >= 0.3 is 0 Å². The molecule has 94 valence electrons. The Morgan fingerprint density at radius 3 is 2.38 bits per heavy atom. The molecule has 0 saturated carbocycles. The van der Waals surface area contributed by atoms with Crippen molar-refractivity contribution < 1.29 is 0 Å². The highest BCUT2D eigenvalue weighted by Gasteiger charge is 2.15. The molecule has 0 radical (unpaired) electrons. The van der Waals surface area contributed by atoms with Crippen LogP contribution < -0.4 is 5.32 Å². The second kappa shape index (κ2) is 8.61. The van der Waals surface area contributed by atoms with Crippen LogP contribution >= 0.6 is 0 Å². The van der Waals surface area contributed by atoms with Crippen LogP contribution in [-0.2, 0) is 0 Å². The van der Waals surface area contributed by atoms with Gasteiger partial charge in [-0.05, 0) is 44.8 Å². The number of nitrogens with one attached hydrogen (secondary N) is 1. The molecule has 0 spiro atoms. The van der Waals surface area contributed by atoms with Crippen LogP contribution in [0, 0.1) is 5.92 Å². The molecule has 0 rings (SSSR count). The van der Waals surface area contributed by atoms with E-state index in [2.05, 4.69) is 45.7 Å². The Hall–Kier alpha value is -0.520. The number of hydrogen-bond acceptors (Lipinski definition) is 1. The van der Waals surface area contributed by atoms with Crippen molar-refractivity contribution in [2.75, 3.05) is 0 Å². The van der Waals surface area contributed by atoms with Crippen LogP contribution in [0.25, 0.3) is 0 Å². The van der Waals surface area contributed by atoms with E-state index in [1.54, 1.807) is 0 Å². The lowest BCUT2D eigenvalue weighted by molar-refractivity contribution is 0.378. The van der Waals surface area contributed by atoms with Gasteiger partial charge in [0.2, 0.25) is 0 Å². The van der Waals surface area contributed by atoms with Crippen LogP contribution in [0.2, 0.25) is 0 Å². The predicted molar refractivity (Wildman–Crippen MR) is 73.7 cm³/mol. The Labute approximate surface area is 102 Å². The first-order valence-corrected chi connectivity index (χ1v) is 6.66. The summed E-state index contributed by atoms with van der Waals surface area (Å²) in [6.07, 6.45) is 5.78. The third-order valence-electron chi connectivity index (χ3n) is 3.21. The standard InChI is InChI=1S/C15H29N/c1-7-9-11-15(13(5)10-8-2)16-14(6)12(3)4/h8,12,14-16H,7,9,11H2,1-6H3. The third kappa shape index (κ3) is 6.15. The fourth-order valence-corrected chi connectivity index (χ4v) is 1.67. The molecular weight excluding hydrogens is 194 g/mol. The highest BCUT2D eigenvalue weighted by atomic mass is 14.9. The minimum absolute atomic E-state index is 0.494. The Morgan fingerprint density at radius 1 is 1.31 bits per heavy atom. The fourth-order valence-electron chi connectivity index (χ4n) is 1.67. The van der Waals surface area contributed by atoms with Crippen molar-refractivity contribution >= 4 is 0 Å².